The Balaban J connectivity index is 1.72. The largest absolute Gasteiger partial charge is 0.493 e. The molecule has 1 heterocycles. The minimum atomic E-state index is -0.576. The average Bonchev–Trinajstić information content (AvgIpc) is 2.73. The predicted octanol–water partition coefficient (Wildman–Crippen LogP) is 3.81. The van der Waals surface area contributed by atoms with Crippen LogP contribution in [0, 0.1) is 0 Å². The number of halogens is 2. The Hall–Kier alpha value is -1.80. The molecule has 0 bridgehead atoms. The van der Waals surface area contributed by atoms with Gasteiger partial charge in [-0.2, -0.15) is 0 Å². The number of methoxy groups -OCH3 is 1. The summed E-state index contributed by atoms with van der Waals surface area (Å²) in [4.78, 5) is 11.0. The second-order valence-electron chi connectivity index (χ2n) is 7.37. The van der Waals surface area contributed by atoms with Crippen LogP contribution in [0.1, 0.15) is 24.0 Å². The fourth-order valence-corrected chi connectivity index (χ4v) is 4.44. The van der Waals surface area contributed by atoms with Gasteiger partial charge in [-0.3, -0.25) is 4.79 Å². The number of ether oxygens (including phenoxy) is 3. The molecule has 0 atom stereocenters. The second kappa shape index (κ2) is 10.5. The highest BCUT2D eigenvalue weighted by Crippen LogP contribution is 2.37. The van der Waals surface area contributed by atoms with Gasteiger partial charge in [0.25, 0.3) is 5.91 Å². The van der Waals surface area contributed by atoms with Gasteiger partial charge in [0.2, 0.25) is 0 Å². The first-order chi connectivity index (χ1) is 14.4. The van der Waals surface area contributed by atoms with Crippen LogP contribution in [0.4, 0.5) is 0 Å². The van der Waals surface area contributed by atoms with Gasteiger partial charge in [0.1, 0.15) is 0 Å². The maximum atomic E-state index is 11.0. The Morgan fingerprint density at radius 3 is 2.73 bits per heavy atom. The standard InChI is InChI=1S/C22H26BrClN2O4/c1-28-19-10-15(9-18(24)21(19)30-13-20(25)27)12-26-14-22(5-7-29-8-6-22)16-3-2-4-17(23)11-16/h2-4,9-11,26H,5-8,12-14H2,1H3,(H2,25,27). The lowest BCUT2D eigenvalue weighted by Gasteiger charge is -2.38. The van der Waals surface area contributed by atoms with E-state index in [1.165, 1.54) is 12.7 Å². The summed E-state index contributed by atoms with van der Waals surface area (Å²) in [6, 6.07) is 12.2. The second-order valence-corrected chi connectivity index (χ2v) is 8.69. The summed E-state index contributed by atoms with van der Waals surface area (Å²) >= 11 is 9.95. The molecule has 0 spiro atoms. The van der Waals surface area contributed by atoms with E-state index < -0.39 is 5.91 Å². The van der Waals surface area contributed by atoms with E-state index in [9.17, 15) is 4.79 Å². The highest BCUT2D eigenvalue weighted by molar-refractivity contribution is 9.10. The first-order valence-electron chi connectivity index (χ1n) is 9.75. The highest BCUT2D eigenvalue weighted by atomic mass is 79.9. The molecule has 0 saturated carbocycles. The van der Waals surface area contributed by atoms with Gasteiger partial charge in [-0.15, -0.1) is 0 Å². The first-order valence-corrected chi connectivity index (χ1v) is 10.9. The molecule has 0 aliphatic carbocycles. The summed E-state index contributed by atoms with van der Waals surface area (Å²) in [6.45, 7) is 2.67. The number of nitrogens with one attached hydrogen (secondary N) is 1. The van der Waals surface area contributed by atoms with E-state index >= 15 is 0 Å². The summed E-state index contributed by atoms with van der Waals surface area (Å²) in [5.74, 6) is 0.207. The van der Waals surface area contributed by atoms with E-state index in [1.807, 2.05) is 18.2 Å². The zero-order chi connectivity index (χ0) is 21.6. The van der Waals surface area contributed by atoms with Crippen LogP contribution in [0.15, 0.2) is 40.9 Å². The van der Waals surface area contributed by atoms with E-state index in [4.69, 9.17) is 31.5 Å². The Morgan fingerprint density at radius 2 is 2.07 bits per heavy atom. The fraction of sp³-hybridized carbons (Fsp3) is 0.409. The Bertz CT molecular complexity index is 887. The number of carbonyl (C=O) groups is 1. The molecular weight excluding hydrogens is 472 g/mol. The quantitative estimate of drug-likeness (QED) is 0.550. The number of amides is 1. The minimum Gasteiger partial charge on any atom is -0.493 e. The number of benzene rings is 2. The van der Waals surface area contributed by atoms with Crippen molar-refractivity contribution in [2.24, 2.45) is 5.73 Å². The van der Waals surface area contributed by atoms with Gasteiger partial charge in [0, 0.05) is 36.2 Å². The molecule has 0 aromatic heterocycles. The molecule has 2 aromatic carbocycles. The van der Waals surface area contributed by atoms with E-state index in [1.54, 1.807) is 0 Å². The van der Waals surface area contributed by atoms with Crippen molar-refractivity contribution in [1.29, 1.82) is 0 Å². The number of nitrogens with two attached hydrogens (primary N) is 1. The van der Waals surface area contributed by atoms with Gasteiger partial charge < -0.3 is 25.3 Å². The molecule has 1 aliphatic rings. The topological polar surface area (TPSA) is 82.8 Å². The molecule has 1 amide bonds. The molecule has 2 aromatic rings. The molecule has 1 aliphatic heterocycles. The molecular formula is C22H26BrClN2O4. The van der Waals surface area contributed by atoms with Crippen molar-refractivity contribution in [3.63, 3.8) is 0 Å². The van der Waals surface area contributed by atoms with Crippen LogP contribution >= 0.6 is 27.5 Å². The van der Waals surface area contributed by atoms with Gasteiger partial charge in [-0.1, -0.05) is 39.7 Å². The fourth-order valence-electron chi connectivity index (χ4n) is 3.75. The average molecular weight is 498 g/mol. The van der Waals surface area contributed by atoms with Crippen LogP contribution in [-0.2, 0) is 21.5 Å². The predicted molar refractivity (Wildman–Crippen MR) is 120 cm³/mol. The molecule has 1 saturated heterocycles. The maximum Gasteiger partial charge on any atom is 0.255 e. The lowest BCUT2D eigenvalue weighted by atomic mass is 9.74. The normalized spacial score (nSPS) is 15.6. The third-order valence-electron chi connectivity index (χ3n) is 5.33. The third kappa shape index (κ3) is 5.66. The van der Waals surface area contributed by atoms with Crippen LogP contribution in [-0.4, -0.2) is 39.4 Å². The van der Waals surface area contributed by atoms with E-state index in [2.05, 4.69) is 39.4 Å². The van der Waals surface area contributed by atoms with E-state index in [-0.39, 0.29) is 12.0 Å². The van der Waals surface area contributed by atoms with Gasteiger partial charge >= 0.3 is 0 Å². The van der Waals surface area contributed by atoms with Crippen LogP contribution in [0.3, 0.4) is 0 Å². The number of carbonyl (C=O) groups excluding carboxylic acids is 1. The lowest BCUT2D eigenvalue weighted by molar-refractivity contribution is -0.119. The summed E-state index contributed by atoms with van der Waals surface area (Å²) in [6.07, 6.45) is 1.92. The van der Waals surface area contributed by atoms with Crippen molar-refractivity contribution in [3.05, 3.63) is 57.0 Å². The molecule has 1 fully saturated rings. The molecule has 8 heteroatoms. The van der Waals surface area contributed by atoms with Crippen LogP contribution in [0.25, 0.3) is 0 Å². The third-order valence-corrected chi connectivity index (χ3v) is 6.10. The van der Waals surface area contributed by atoms with Crippen molar-refractivity contribution >= 4 is 33.4 Å². The lowest BCUT2D eigenvalue weighted by Crippen LogP contribution is -2.42. The monoisotopic (exact) mass is 496 g/mol. The van der Waals surface area contributed by atoms with Crippen LogP contribution in [0.5, 0.6) is 11.5 Å². The molecule has 162 valence electrons. The molecule has 0 radical (unpaired) electrons. The Labute approximate surface area is 190 Å². The molecule has 30 heavy (non-hydrogen) atoms. The Morgan fingerprint density at radius 1 is 1.30 bits per heavy atom. The number of rotatable bonds is 9. The van der Waals surface area contributed by atoms with Crippen molar-refractivity contribution in [2.75, 3.05) is 33.5 Å². The van der Waals surface area contributed by atoms with E-state index in [0.29, 0.717) is 23.1 Å². The number of hydrogen-bond acceptors (Lipinski definition) is 5. The smallest absolute Gasteiger partial charge is 0.255 e. The van der Waals surface area contributed by atoms with Crippen molar-refractivity contribution < 1.29 is 19.0 Å². The van der Waals surface area contributed by atoms with Crippen molar-refractivity contribution in [1.82, 2.24) is 5.32 Å². The summed E-state index contributed by atoms with van der Waals surface area (Å²) in [5.41, 5.74) is 7.42. The summed E-state index contributed by atoms with van der Waals surface area (Å²) < 4.78 is 17.5. The first kappa shape index (κ1) is 22.9. The molecule has 0 unspecified atom stereocenters. The van der Waals surface area contributed by atoms with Crippen LogP contribution < -0.4 is 20.5 Å². The van der Waals surface area contributed by atoms with Gasteiger partial charge in [0.15, 0.2) is 18.1 Å². The van der Waals surface area contributed by atoms with Gasteiger partial charge in [0.05, 0.1) is 12.1 Å². The zero-order valence-electron chi connectivity index (χ0n) is 16.9. The summed E-state index contributed by atoms with van der Waals surface area (Å²) in [5, 5.41) is 3.95. The van der Waals surface area contributed by atoms with Gasteiger partial charge in [-0.05, 0) is 48.2 Å². The maximum absolute atomic E-state index is 11.0. The Kier molecular flexibility index (Phi) is 7.99. The van der Waals surface area contributed by atoms with Crippen LogP contribution in [0.2, 0.25) is 5.02 Å². The molecule has 3 rings (SSSR count). The minimum absolute atomic E-state index is 0.0143. The SMILES string of the molecule is COc1cc(CNCC2(c3cccc(Br)c3)CCOCC2)cc(Cl)c1OCC(N)=O. The number of hydrogen-bond donors (Lipinski definition) is 2. The molecule has 3 N–H and O–H groups in total. The van der Waals surface area contributed by atoms with Crippen molar-refractivity contribution in [2.45, 2.75) is 24.8 Å². The highest BCUT2D eigenvalue weighted by Gasteiger charge is 2.34. The number of primary amides is 1. The van der Waals surface area contributed by atoms with E-state index in [0.717, 1.165) is 42.6 Å². The zero-order valence-corrected chi connectivity index (χ0v) is 19.2. The van der Waals surface area contributed by atoms with Gasteiger partial charge in [-0.25, -0.2) is 0 Å². The van der Waals surface area contributed by atoms with Crippen molar-refractivity contribution in [3.8, 4) is 11.5 Å². The molecule has 6 nitrogen and oxygen atoms in total. The summed E-state index contributed by atoms with van der Waals surface area (Å²) in [7, 11) is 1.53.